The van der Waals surface area contributed by atoms with Gasteiger partial charge in [0.1, 0.15) is 84.6 Å². The van der Waals surface area contributed by atoms with Crippen LogP contribution in [0, 0.1) is 57.7 Å². The van der Waals surface area contributed by atoms with Crippen LogP contribution in [-0.4, -0.2) is 323 Å². The standard InChI is InChI=1S/3C6H14N4O2.C6H9N3O2.C6H14N2O2.6C6H13NO2.C5H10N2O3.C5H11NO2.C4H8N2O3.C2H5NO2/c3*7-4(5(11)12)2-1-3-10-6(8)9;7-5(6(10)11)1-4-2-8-3-9-4;7-4-2-1-3-5(8)6(9)10;4*1-4(2)3-5(7)6(8)9;2*1-3-4(2)5(7)6(8)9;6-3(5(9)10)1-2-4(7)8;1-3(2)4(6)5(7)8;5-2(4(8)9)1-3(6)7;3-1-2(4)5/h3*4H,1-3,7H2,(H,11,12)(H4,8,9,10);2-3,5H,1,7H2,(H,8,9)(H,10,11);5H,1-4,7-8H2,(H,9,10);6*4-5H,3,7H2,1-2H3,(H,8,9);3H,1-2,6H2,(H2,7,8)(H,9,10);3-4H,6H2,1-2H3,(H,7,8);2H,1,5H2,(H2,6,7)(H,8,9);1,3H2,(H,4,5)/t3*4-;6*5-;2*4-,5-;3-;4-;2-;/m00000000000000./s1. The minimum absolute atomic E-state index is 0.0208. The zero-order valence-corrected chi connectivity index (χ0v) is 84.5. The van der Waals surface area contributed by atoms with E-state index < -0.39 is 186 Å². The number of nitrogens with one attached hydrogen (secondary N) is 7. The van der Waals surface area contributed by atoms with Gasteiger partial charge in [-0.3, -0.25) is 97.7 Å². The number of guanidine groups is 3. The molecule has 16 atom stereocenters. The molecule has 0 saturated carbocycles. The normalized spacial score (nSPS) is 13.2. The summed E-state index contributed by atoms with van der Waals surface area (Å²) in [4.78, 5) is 178. The van der Waals surface area contributed by atoms with Gasteiger partial charge in [-0.15, -0.1) is 0 Å². The van der Waals surface area contributed by atoms with Gasteiger partial charge < -0.3 is 218 Å². The van der Waals surface area contributed by atoms with Crippen molar-refractivity contribution < 1.29 is 158 Å². The third-order valence-electron chi connectivity index (χ3n) is 16.8. The van der Waals surface area contributed by atoms with Gasteiger partial charge in [0.05, 0.1) is 25.0 Å². The van der Waals surface area contributed by atoms with Gasteiger partial charge in [0.25, 0.3) is 0 Å². The summed E-state index contributed by atoms with van der Waals surface area (Å²) in [6.07, 6.45) is 12.1. The number of carbonyl (C=O) groups excluding carboxylic acids is 2. The Morgan fingerprint density at radius 3 is 0.685 bits per heavy atom. The van der Waals surface area contributed by atoms with Crippen LogP contribution in [0.25, 0.3) is 0 Å². The first-order valence-electron chi connectivity index (χ1n) is 44.4. The molecule has 61 heteroatoms. The fraction of sp³-hybridized carbons (Fsp3) is 0.720. The van der Waals surface area contributed by atoms with Crippen molar-refractivity contribution in [3.8, 4) is 0 Å². The molecule has 0 unspecified atom stereocenters. The summed E-state index contributed by atoms with van der Waals surface area (Å²) in [5, 5.41) is 152. The number of rotatable bonds is 51. The van der Waals surface area contributed by atoms with E-state index in [2.05, 4.69) is 37.4 Å². The topological polar surface area (TPSA) is 1280 Å². The van der Waals surface area contributed by atoms with Crippen LogP contribution in [-0.2, 0) is 87.9 Å². The smallest absolute Gasteiger partial charge is 0.321 e. The Morgan fingerprint density at radius 2 is 0.552 bits per heavy atom. The largest absolute Gasteiger partial charge is 0.480 e. The van der Waals surface area contributed by atoms with Crippen molar-refractivity contribution in [1.82, 2.24) is 25.9 Å². The molecule has 1 aromatic heterocycles. The van der Waals surface area contributed by atoms with Gasteiger partial charge >= 0.3 is 89.5 Å². The number of nitrogens with zero attached hydrogens (tertiary/aromatic N) is 1. The van der Waals surface area contributed by atoms with Crippen molar-refractivity contribution in [2.24, 2.45) is 162 Å². The minimum atomic E-state index is -1.21. The molecule has 0 radical (unpaired) electrons. The highest BCUT2D eigenvalue weighted by Crippen LogP contribution is 2.08. The second-order valence-corrected chi connectivity index (χ2v) is 32.8. The molecule has 0 aliphatic carbocycles. The maximum atomic E-state index is 10.3. The molecule has 842 valence electrons. The number of unbranched alkanes of at least 4 members (excludes halogenated alkanes) is 1. The fourth-order valence-electron chi connectivity index (χ4n) is 7.79. The first-order valence-corrected chi connectivity index (χ1v) is 44.4. The third kappa shape index (κ3) is 138. The second-order valence-electron chi connectivity index (χ2n) is 32.8. The Balaban J connectivity index is -0.000000104. The monoisotopic (exact) mass is 2080 g/mol. The van der Waals surface area contributed by atoms with Gasteiger partial charge in [-0.05, 0) is 131 Å². The molecule has 0 fully saturated rings. The molecule has 64 N–H and O–H groups in total. The zero-order valence-electron chi connectivity index (χ0n) is 84.5. The number of aromatic nitrogens is 2. The molecule has 0 aromatic carbocycles. The van der Waals surface area contributed by atoms with E-state index in [1.165, 1.54) is 6.33 Å². The predicted molar refractivity (Wildman–Crippen MR) is 532 cm³/mol. The molecule has 2 amide bonds. The van der Waals surface area contributed by atoms with Crippen LogP contribution in [0.2, 0.25) is 0 Å². The molecule has 0 aliphatic rings. The number of primary amides is 2. The number of H-pyrrole nitrogens is 1. The number of aliphatic carboxylic acids is 15. The molecule has 0 bridgehead atoms. The second kappa shape index (κ2) is 102. The summed E-state index contributed by atoms with van der Waals surface area (Å²) < 4.78 is 0. The summed E-state index contributed by atoms with van der Waals surface area (Å²) in [6.45, 7) is 28.4. The van der Waals surface area contributed by atoms with Crippen LogP contribution >= 0.6 is 0 Å². The Hall–Kier alpha value is -12.6. The number of carboxylic acid groups (broad SMARTS) is 15. The van der Waals surface area contributed by atoms with Gasteiger partial charge in [-0.1, -0.05) is 116 Å². The summed E-state index contributed by atoms with van der Waals surface area (Å²) >= 11 is 0. The Bertz CT molecular complexity index is 3400. The molecule has 1 heterocycles. The lowest BCUT2D eigenvalue weighted by molar-refractivity contribution is -0.140. The third-order valence-corrected chi connectivity index (χ3v) is 16.8. The maximum Gasteiger partial charge on any atom is 0.321 e. The van der Waals surface area contributed by atoms with E-state index in [1.54, 1.807) is 20.0 Å². The first-order chi connectivity index (χ1) is 65.2. The van der Waals surface area contributed by atoms with Crippen molar-refractivity contribution in [2.75, 3.05) is 32.7 Å². The molecule has 143 heavy (non-hydrogen) atoms. The Labute approximate surface area is 832 Å². The average molecular weight is 2080 g/mol. The summed E-state index contributed by atoms with van der Waals surface area (Å²) in [7, 11) is 0. The molecular formula is C82H177N29O32. The van der Waals surface area contributed by atoms with E-state index in [-0.39, 0.29) is 67.9 Å². The van der Waals surface area contributed by atoms with Crippen LogP contribution in [0.15, 0.2) is 12.5 Å². The predicted octanol–water partition coefficient (Wildman–Crippen LogP) is -6.44. The van der Waals surface area contributed by atoms with Crippen LogP contribution in [0.4, 0.5) is 0 Å². The Morgan fingerprint density at radius 1 is 0.322 bits per heavy atom. The highest BCUT2D eigenvalue weighted by molar-refractivity contribution is 5.83. The van der Waals surface area contributed by atoms with Crippen molar-refractivity contribution >= 4 is 119 Å². The number of carboxylic acids is 15. The lowest BCUT2D eigenvalue weighted by atomic mass is 10.0. The number of imidazole rings is 1. The molecule has 61 nitrogen and oxygen atoms in total. The van der Waals surface area contributed by atoms with Crippen LogP contribution in [0.5, 0.6) is 0 Å². The van der Waals surface area contributed by atoms with E-state index >= 15 is 0 Å². The summed E-state index contributed by atoms with van der Waals surface area (Å²) in [6, 6.07) is -11.1. The van der Waals surface area contributed by atoms with E-state index in [9.17, 15) is 81.5 Å². The average Bonchev–Trinajstić information content (AvgIpc) is 1.77. The number of carbonyl (C=O) groups is 17. The van der Waals surface area contributed by atoms with Crippen LogP contribution < -0.4 is 136 Å². The maximum absolute atomic E-state index is 10.3. The van der Waals surface area contributed by atoms with Crippen molar-refractivity contribution in [1.29, 1.82) is 16.2 Å². The number of hydrogen-bond donors (Lipinski definition) is 43. The SMILES string of the molecule is CC(C)C[C@H](N)C(=O)O.CC(C)C[C@H](N)C(=O)O.CC(C)C[C@H](N)C(=O)O.CC(C)C[C@H](N)C(=O)O.CC(C)[C@H](N)C(=O)O.CC[C@H](C)[C@H](N)C(=O)O.CC[C@H](C)[C@H](N)C(=O)O.N=C(N)NCCC[C@H](N)C(=O)O.N=C(N)NCCC[C@H](N)C(=O)O.N=C(N)NCCC[C@H](N)C(=O)O.NC(=O)CC[C@H](N)C(=O)O.NC(=O)C[C@H](N)C(=O)O.NCC(=O)O.NCCCC[C@H](N)C(=O)O.N[C@@H](Cc1c[nH]cn1)C(=O)O. The lowest BCUT2D eigenvalue weighted by Crippen LogP contribution is -2.36. The number of nitrogens with two attached hydrogens (primary N) is 21. The van der Waals surface area contributed by atoms with E-state index in [4.69, 9.17) is 202 Å². The highest BCUT2D eigenvalue weighted by atomic mass is 16.4. The van der Waals surface area contributed by atoms with E-state index in [1.807, 2.05) is 83.1 Å². The van der Waals surface area contributed by atoms with E-state index in [0.29, 0.717) is 126 Å². The van der Waals surface area contributed by atoms with Gasteiger partial charge in [-0.25, -0.2) is 4.98 Å². The molecule has 1 rings (SSSR count). The van der Waals surface area contributed by atoms with Crippen LogP contribution in [0.1, 0.15) is 218 Å². The van der Waals surface area contributed by atoms with Gasteiger partial charge in [0.2, 0.25) is 11.8 Å². The Kier molecular flexibility index (Phi) is 115. The van der Waals surface area contributed by atoms with Crippen molar-refractivity contribution in [2.45, 2.75) is 304 Å². The molecule has 1 aromatic rings. The summed E-state index contributed by atoms with van der Waals surface area (Å²) in [5.41, 5.74) is 108. The quantitative estimate of drug-likeness (QED) is 0.0164. The number of hydrogen-bond acceptors (Lipinski definition) is 37. The van der Waals surface area contributed by atoms with Crippen molar-refractivity contribution in [3.05, 3.63) is 18.2 Å². The van der Waals surface area contributed by atoms with Crippen molar-refractivity contribution in [3.63, 3.8) is 0 Å². The van der Waals surface area contributed by atoms with Gasteiger partial charge in [0.15, 0.2) is 17.9 Å². The number of aromatic amines is 1. The molecule has 0 spiro atoms. The zero-order chi connectivity index (χ0) is 116. The van der Waals surface area contributed by atoms with Gasteiger partial charge in [0, 0.05) is 38.7 Å². The summed E-state index contributed by atoms with van der Waals surface area (Å²) in [5.74, 6) is -14.6. The fourth-order valence-corrected chi connectivity index (χ4v) is 7.79. The highest BCUT2D eigenvalue weighted by Gasteiger charge is 2.22. The molecular weight excluding hydrogens is 1900 g/mol. The van der Waals surface area contributed by atoms with Crippen LogP contribution in [0.3, 0.4) is 0 Å². The van der Waals surface area contributed by atoms with Gasteiger partial charge in [-0.2, -0.15) is 0 Å². The first kappa shape index (κ1) is 161. The lowest BCUT2D eigenvalue weighted by Gasteiger charge is -2.11. The number of amides is 2. The van der Waals surface area contributed by atoms with E-state index in [0.717, 1.165) is 25.7 Å². The minimum Gasteiger partial charge on any atom is -0.480 e. The molecule has 0 aliphatic heterocycles. The molecule has 0 saturated heterocycles.